The number of carbonyl (C=O) groups is 4. The van der Waals surface area contributed by atoms with Crippen LogP contribution in [0.1, 0.15) is 46.5 Å². The van der Waals surface area contributed by atoms with Crippen LogP contribution in [0.25, 0.3) is 0 Å². The van der Waals surface area contributed by atoms with Gasteiger partial charge in [0.15, 0.2) is 0 Å². The first-order chi connectivity index (χ1) is 20.0. The van der Waals surface area contributed by atoms with Gasteiger partial charge in [-0.15, -0.1) is 0 Å². The van der Waals surface area contributed by atoms with E-state index in [0.29, 0.717) is 45.8 Å². The topological polar surface area (TPSA) is 164 Å². The Labute approximate surface area is 246 Å². The second kappa shape index (κ2) is 13.0. The molecule has 5 aliphatic rings. The van der Waals surface area contributed by atoms with Crippen LogP contribution in [-0.2, 0) is 23.9 Å². The van der Waals surface area contributed by atoms with Gasteiger partial charge in [0.25, 0.3) is 0 Å². The van der Waals surface area contributed by atoms with Crippen LogP contribution in [0.5, 0.6) is 0 Å². The van der Waals surface area contributed by atoms with Crippen molar-refractivity contribution in [2.45, 2.75) is 101 Å². The van der Waals surface area contributed by atoms with E-state index < -0.39 is 36.6 Å². The van der Waals surface area contributed by atoms with Gasteiger partial charge in [-0.3, -0.25) is 19.3 Å². The number of carbonyl (C=O) groups excluding carboxylic acids is 4. The van der Waals surface area contributed by atoms with Crippen LogP contribution in [-0.4, -0.2) is 161 Å². The lowest BCUT2D eigenvalue weighted by Crippen LogP contribution is -2.58. The molecular weight excluding hydrogens is 548 g/mol. The molecule has 0 aliphatic carbocycles. The number of likely N-dealkylation sites (tertiary alicyclic amines) is 2. The smallest absolute Gasteiger partial charge is 0.317 e. The molecule has 4 N–H and O–H groups in total. The van der Waals surface area contributed by atoms with Crippen LogP contribution in [0.15, 0.2) is 0 Å². The van der Waals surface area contributed by atoms with Crippen molar-refractivity contribution in [2.24, 2.45) is 0 Å². The number of hydrogen-bond donors (Lipinski definition) is 4. The number of morpholine rings is 1. The summed E-state index contributed by atoms with van der Waals surface area (Å²) in [6.45, 7) is 8.21. The molecule has 7 atom stereocenters. The van der Waals surface area contributed by atoms with Crippen molar-refractivity contribution in [3.05, 3.63) is 0 Å². The van der Waals surface area contributed by atoms with Crippen LogP contribution in [0.2, 0.25) is 0 Å². The molecule has 5 amide bonds. The predicted octanol–water partition coefficient (Wildman–Crippen LogP) is -1.90. The molecular formula is C28H46N6O8. The highest BCUT2D eigenvalue weighted by molar-refractivity contribution is 5.83. The minimum Gasteiger partial charge on any atom is -0.388 e. The molecule has 5 heterocycles. The van der Waals surface area contributed by atoms with Gasteiger partial charge in [0.05, 0.1) is 44.4 Å². The average molecular weight is 595 g/mol. The number of rotatable bonds is 2. The van der Waals surface area contributed by atoms with Crippen molar-refractivity contribution in [3.63, 3.8) is 0 Å². The maximum absolute atomic E-state index is 14.0. The van der Waals surface area contributed by atoms with Gasteiger partial charge in [0.1, 0.15) is 18.3 Å². The molecule has 0 saturated carbocycles. The predicted molar refractivity (Wildman–Crippen MR) is 149 cm³/mol. The fraction of sp³-hybridized carbons (Fsp3) is 0.857. The number of amides is 5. The normalized spacial score (nSPS) is 35.5. The molecule has 42 heavy (non-hydrogen) atoms. The highest BCUT2D eigenvalue weighted by atomic mass is 16.5. The molecule has 14 heteroatoms. The van der Waals surface area contributed by atoms with E-state index in [4.69, 9.17) is 9.47 Å². The third kappa shape index (κ3) is 6.83. The van der Waals surface area contributed by atoms with Crippen molar-refractivity contribution < 1.29 is 38.9 Å². The maximum Gasteiger partial charge on any atom is 0.317 e. The minimum absolute atomic E-state index is 0.0132. The van der Waals surface area contributed by atoms with Gasteiger partial charge in [-0.2, -0.15) is 0 Å². The number of ether oxygens (including phenoxy) is 2. The Hall–Kier alpha value is -2.52. The molecule has 6 bridgehead atoms. The first kappa shape index (κ1) is 30.9. The molecule has 0 aromatic heterocycles. The first-order valence-corrected chi connectivity index (χ1v) is 15.3. The number of aliphatic hydroxyl groups is 2. The Morgan fingerprint density at radius 2 is 1.69 bits per heavy atom. The zero-order valence-corrected chi connectivity index (χ0v) is 24.8. The molecule has 236 valence electrons. The third-order valence-corrected chi connectivity index (χ3v) is 9.19. The van der Waals surface area contributed by atoms with Gasteiger partial charge in [-0.05, 0) is 33.1 Å². The Morgan fingerprint density at radius 3 is 2.38 bits per heavy atom. The van der Waals surface area contributed by atoms with E-state index in [0.717, 1.165) is 12.8 Å². The molecule has 0 spiro atoms. The lowest BCUT2D eigenvalue weighted by molar-refractivity contribution is -0.145. The van der Waals surface area contributed by atoms with Crippen LogP contribution < -0.4 is 10.6 Å². The summed E-state index contributed by atoms with van der Waals surface area (Å²) in [7, 11) is 0. The molecule has 0 radical (unpaired) electrons. The van der Waals surface area contributed by atoms with Gasteiger partial charge >= 0.3 is 6.03 Å². The highest BCUT2D eigenvalue weighted by Gasteiger charge is 2.47. The third-order valence-electron chi connectivity index (χ3n) is 9.19. The summed E-state index contributed by atoms with van der Waals surface area (Å²) in [5.74, 6) is -0.304. The van der Waals surface area contributed by atoms with Crippen LogP contribution >= 0.6 is 0 Å². The Balaban J connectivity index is 1.39. The zero-order chi connectivity index (χ0) is 30.1. The molecule has 0 unspecified atom stereocenters. The lowest BCUT2D eigenvalue weighted by atomic mass is 10.0. The van der Waals surface area contributed by atoms with Crippen molar-refractivity contribution in [2.75, 3.05) is 52.4 Å². The largest absolute Gasteiger partial charge is 0.388 e. The van der Waals surface area contributed by atoms with E-state index in [1.54, 1.807) is 11.8 Å². The van der Waals surface area contributed by atoms with Gasteiger partial charge in [0, 0.05) is 57.8 Å². The van der Waals surface area contributed by atoms with Gasteiger partial charge in [-0.25, -0.2) is 4.79 Å². The van der Waals surface area contributed by atoms with Gasteiger partial charge < -0.3 is 45.0 Å². The first-order valence-electron chi connectivity index (χ1n) is 15.3. The van der Waals surface area contributed by atoms with E-state index in [-0.39, 0.29) is 61.4 Å². The minimum atomic E-state index is -1.28. The molecule has 5 aliphatic heterocycles. The molecule has 0 aromatic rings. The lowest BCUT2D eigenvalue weighted by Gasteiger charge is -2.41. The second-order valence-corrected chi connectivity index (χ2v) is 12.6. The number of hydrogen-bond acceptors (Lipinski definition) is 9. The average Bonchev–Trinajstić information content (AvgIpc) is 3.48. The summed E-state index contributed by atoms with van der Waals surface area (Å²) >= 11 is 0. The van der Waals surface area contributed by atoms with E-state index in [9.17, 15) is 29.4 Å². The fourth-order valence-electron chi connectivity index (χ4n) is 7.02. The van der Waals surface area contributed by atoms with E-state index in [2.05, 4.69) is 15.5 Å². The molecule has 5 saturated heterocycles. The zero-order valence-electron chi connectivity index (χ0n) is 24.8. The van der Waals surface area contributed by atoms with Crippen molar-refractivity contribution in [1.82, 2.24) is 30.2 Å². The number of fused-ring (bicyclic) bond motifs is 6. The van der Waals surface area contributed by atoms with Crippen LogP contribution in [0.3, 0.4) is 0 Å². The number of nitrogens with one attached hydrogen (secondary N) is 2. The fourth-order valence-corrected chi connectivity index (χ4v) is 7.02. The molecule has 5 fully saturated rings. The second-order valence-electron chi connectivity index (χ2n) is 12.6. The summed E-state index contributed by atoms with van der Waals surface area (Å²) in [6, 6.07) is -1.11. The SMILES string of the molecule is CC(=O)N1CCC(N2C[C@@H]3C[C@H]2C(=O)N2CCO[C@H](CN(C(=O)NC(C)C)C[C@H]4O[C@@H](CC(=O)N3)[C@H](O)[C@@H]4O)C2)CC1. The number of aliphatic hydroxyl groups excluding tert-OH is 2. The molecule has 14 nitrogen and oxygen atoms in total. The van der Waals surface area contributed by atoms with Gasteiger partial charge in [0.2, 0.25) is 17.7 Å². The number of nitrogens with zero attached hydrogens (tertiary/aromatic N) is 4. The van der Waals surface area contributed by atoms with Crippen molar-refractivity contribution in [3.8, 4) is 0 Å². The Morgan fingerprint density at radius 1 is 0.976 bits per heavy atom. The summed E-state index contributed by atoms with van der Waals surface area (Å²) in [5.41, 5.74) is 0. The van der Waals surface area contributed by atoms with Gasteiger partial charge in [-0.1, -0.05) is 0 Å². The summed E-state index contributed by atoms with van der Waals surface area (Å²) < 4.78 is 12.0. The quantitative estimate of drug-likeness (QED) is 0.286. The molecule has 0 aromatic carbocycles. The van der Waals surface area contributed by atoms with Crippen LogP contribution in [0, 0.1) is 0 Å². The number of piperidine rings is 1. The monoisotopic (exact) mass is 594 g/mol. The summed E-state index contributed by atoms with van der Waals surface area (Å²) in [5, 5.41) is 27.4. The summed E-state index contributed by atoms with van der Waals surface area (Å²) in [4.78, 5) is 59.5. The van der Waals surface area contributed by atoms with Crippen molar-refractivity contribution >= 4 is 23.8 Å². The Kier molecular flexibility index (Phi) is 9.57. The van der Waals surface area contributed by atoms with E-state index >= 15 is 0 Å². The Bertz CT molecular complexity index is 1020. The number of urea groups is 1. The standard InChI is InChI=1S/C28H46N6O8/c1-16(2)29-28(40)33-14-20-13-32(8-9-41-20)27(39)21-10-18(12-34(21)19-4-6-31(7-5-19)17(3)35)30-24(36)11-22-25(37)26(38)23(15-33)42-22/h16,18-23,25-26,37-38H,4-15H2,1-3H3,(H,29,40)(H,30,36)/t18-,20-,21-,22-,23+,25-,26+/m0/s1. The van der Waals surface area contributed by atoms with E-state index in [1.165, 1.54) is 4.90 Å². The van der Waals surface area contributed by atoms with E-state index in [1.807, 2.05) is 18.7 Å². The summed E-state index contributed by atoms with van der Waals surface area (Å²) in [6.07, 6.45) is -3.04. The van der Waals surface area contributed by atoms with Crippen molar-refractivity contribution in [1.29, 1.82) is 0 Å². The van der Waals surface area contributed by atoms with Crippen LogP contribution in [0.4, 0.5) is 4.79 Å². The highest BCUT2D eigenvalue weighted by Crippen LogP contribution is 2.30. The molecule has 5 rings (SSSR count). The maximum atomic E-state index is 14.0.